The van der Waals surface area contributed by atoms with E-state index in [0.717, 1.165) is 0 Å². The zero-order chi connectivity index (χ0) is 20.1. The number of thioether (sulfide) groups is 1. The number of hydrogen-bond acceptors (Lipinski definition) is 5. The minimum absolute atomic E-state index is 0.142. The van der Waals surface area contributed by atoms with Gasteiger partial charge in [0.2, 0.25) is 5.91 Å². The topological polar surface area (TPSA) is 69.0 Å². The first kappa shape index (κ1) is 20.2. The number of aromatic nitrogens is 3. The molecule has 3 rings (SSSR count). The summed E-state index contributed by atoms with van der Waals surface area (Å²) in [5.74, 6) is 0.742. The molecule has 1 heterocycles. The second kappa shape index (κ2) is 9.07. The van der Waals surface area contributed by atoms with Gasteiger partial charge in [-0.2, -0.15) is 0 Å². The van der Waals surface area contributed by atoms with Gasteiger partial charge in [0.1, 0.15) is 11.6 Å². The molecule has 0 fully saturated rings. The lowest BCUT2D eigenvalue weighted by atomic mass is 10.3. The van der Waals surface area contributed by atoms with Crippen LogP contribution in [0, 0.1) is 5.82 Å². The molecule has 0 radical (unpaired) electrons. The molecule has 0 saturated heterocycles. The van der Waals surface area contributed by atoms with Gasteiger partial charge in [0.05, 0.1) is 10.8 Å². The van der Waals surface area contributed by atoms with Crippen molar-refractivity contribution < 1.29 is 13.9 Å². The maximum Gasteiger partial charge on any atom is 0.234 e. The Morgan fingerprint density at radius 3 is 2.68 bits per heavy atom. The van der Waals surface area contributed by atoms with Crippen LogP contribution >= 0.6 is 23.4 Å². The summed E-state index contributed by atoms with van der Waals surface area (Å²) in [5.41, 5.74) is 0.535. The number of nitrogens with zero attached hydrogens (tertiary/aromatic N) is 3. The first-order chi connectivity index (χ1) is 13.4. The molecule has 0 saturated carbocycles. The highest BCUT2D eigenvalue weighted by Gasteiger charge is 2.19. The Morgan fingerprint density at radius 1 is 1.25 bits per heavy atom. The van der Waals surface area contributed by atoms with Crippen LogP contribution in [0.15, 0.2) is 53.7 Å². The van der Waals surface area contributed by atoms with E-state index >= 15 is 0 Å². The molecule has 1 aromatic heterocycles. The molecule has 0 unspecified atom stereocenters. The average Bonchev–Trinajstić information content (AvgIpc) is 3.04. The van der Waals surface area contributed by atoms with Crippen LogP contribution in [0.25, 0.3) is 0 Å². The monoisotopic (exact) mass is 420 g/mol. The van der Waals surface area contributed by atoms with Crippen molar-refractivity contribution in [2.45, 2.75) is 18.2 Å². The maximum atomic E-state index is 12.9. The number of hydrogen-bond donors (Lipinski definition) is 1. The summed E-state index contributed by atoms with van der Waals surface area (Å²) in [4.78, 5) is 12.1. The van der Waals surface area contributed by atoms with Crippen LogP contribution in [0.2, 0.25) is 5.02 Å². The van der Waals surface area contributed by atoms with E-state index in [1.807, 2.05) is 26.1 Å². The third-order valence-electron chi connectivity index (χ3n) is 3.83. The molecular formula is C19H18ClFN4O2S. The Kier molecular flexibility index (Phi) is 6.53. The number of benzene rings is 2. The van der Waals surface area contributed by atoms with E-state index in [1.54, 1.807) is 16.7 Å². The fraction of sp³-hybridized carbons (Fsp3) is 0.211. The third-order valence-corrected chi connectivity index (χ3v) is 5.17. The molecule has 0 aliphatic rings. The van der Waals surface area contributed by atoms with Crippen LogP contribution in [0.4, 0.5) is 10.1 Å². The molecule has 0 aliphatic carbocycles. The number of carbonyl (C=O) groups excluding carboxylic acids is 1. The molecule has 2 aromatic carbocycles. The highest BCUT2D eigenvalue weighted by molar-refractivity contribution is 7.99. The summed E-state index contributed by atoms with van der Waals surface area (Å²) in [6.45, 7) is 1.85. The van der Waals surface area contributed by atoms with E-state index in [1.165, 1.54) is 36.0 Å². The highest BCUT2D eigenvalue weighted by Crippen LogP contribution is 2.29. The summed E-state index contributed by atoms with van der Waals surface area (Å²) >= 11 is 7.37. The normalized spacial score (nSPS) is 11.9. The molecule has 3 aromatic rings. The minimum atomic E-state index is -0.375. The molecule has 1 N–H and O–H groups in total. The second-order valence-electron chi connectivity index (χ2n) is 5.93. The second-order valence-corrected chi connectivity index (χ2v) is 7.28. The van der Waals surface area contributed by atoms with Crippen LogP contribution in [0.5, 0.6) is 5.75 Å². The molecule has 28 heavy (non-hydrogen) atoms. The molecule has 146 valence electrons. The highest BCUT2D eigenvalue weighted by atomic mass is 35.5. The number of anilines is 1. The van der Waals surface area contributed by atoms with Crippen molar-refractivity contribution in [1.82, 2.24) is 14.8 Å². The van der Waals surface area contributed by atoms with E-state index in [-0.39, 0.29) is 23.6 Å². The molecule has 0 bridgehead atoms. The minimum Gasteiger partial charge on any atom is -0.481 e. The summed E-state index contributed by atoms with van der Waals surface area (Å²) in [6, 6.07) is 12.8. The number of ether oxygens (including phenoxy) is 1. The summed E-state index contributed by atoms with van der Waals surface area (Å²) in [6.07, 6.45) is -0.375. The van der Waals surface area contributed by atoms with Crippen molar-refractivity contribution in [3.8, 4) is 5.75 Å². The number of amides is 1. The number of nitrogens with one attached hydrogen (secondary N) is 1. The van der Waals surface area contributed by atoms with Gasteiger partial charge in [0.15, 0.2) is 17.1 Å². The van der Waals surface area contributed by atoms with Gasteiger partial charge in [-0.05, 0) is 43.3 Å². The van der Waals surface area contributed by atoms with Crippen molar-refractivity contribution in [1.29, 1.82) is 0 Å². The van der Waals surface area contributed by atoms with Gasteiger partial charge in [-0.3, -0.25) is 4.79 Å². The van der Waals surface area contributed by atoms with Crippen LogP contribution < -0.4 is 10.1 Å². The number of para-hydroxylation sites is 1. The van der Waals surface area contributed by atoms with Gasteiger partial charge in [-0.1, -0.05) is 35.5 Å². The van der Waals surface area contributed by atoms with Gasteiger partial charge >= 0.3 is 0 Å². The van der Waals surface area contributed by atoms with E-state index in [0.29, 0.717) is 27.4 Å². The lowest BCUT2D eigenvalue weighted by Crippen LogP contribution is -2.15. The summed E-state index contributed by atoms with van der Waals surface area (Å²) in [5, 5.41) is 12.1. The van der Waals surface area contributed by atoms with Crippen LogP contribution in [0.1, 0.15) is 18.9 Å². The fourth-order valence-electron chi connectivity index (χ4n) is 2.45. The molecule has 6 nitrogen and oxygen atoms in total. The van der Waals surface area contributed by atoms with Gasteiger partial charge in [0.25, 0.3) is 0 Å². The van der Waals surface area contributed by atoms with Gasteiger partial charge in [-0.15, -0.1) is 10.2 Å². The Morgan fingerprint density at radius 2 is 1.96 bits per heavy atom. The number of halogens is 2. The first-order valence-corrected chi connectivity index (χ1v) is 9.79. The largest absolute Gasteiger partial charge is 0.481 e. The lowest BCUT2D eigenvalue weighted by Gasteiger charge is -2.15. The predicted molar refractivity (Wildman–Crippen MR) is 107 cm³/mol. The third kappa shape index (κ3) is 5.02. The summed E-state index contributed by atoms with van der Waals surface area (Å²) < 4.78 is 20.6. The van der Waals surface area contributed by atoms with E-state index in [9.17, 15) is 9.18 Å². The van der Waals surface area contributed by atoms with E-state index in [4.69, 9.17) is 16.3 Å². The quantitative estimate of drug-likeness (QED) is 0.571. The summed E-state index contributed by atoms with van der Waals surface area (Å²) in [7, 11) is 1.81. The van der Waals surface area contributed by atoms with Crippen LogP contribution in [-0.4, -0.2) is 26.4 Å². The zero-order valence-corrected chi connectivity index (χ0v) is 16.8. The average molecular weight is 421 g/mol. The van der Waals surface area contributed by atoms with E-state index in [2.05, 4.69) is 15.5 Å². The van der Waals surface area contributed by atoms with Crippen molar-refractivity contribution in [2.24, 2.45) is 7.05 Å². The van der Waals surface area contributed by atoms with Gasteiger partial charge in [-0.25, -0.2) is 4.39 Å². The molecule has 1 amide bonds. The Balaban J connectivity index is 1.58. The predicted octanol–water partition coefficient (Wildman–Crippen LogP) is 4.48. The molecule has 0 spiro atoms. The van der Waals surface area contributed by atoms with Crippen molar-refractivity contribution in [2.75, 3.05) is 11.1 Å². The number of rotatable bonds is 7. The lowest BCUT2D eigenvalue weighted by molar-refractivity contribution is -0.113. The van der Waals surface area contributed by atoms with Crippen LogP contribution in [0.3, 0.4) is 0 Å². The zero-order valence-electron chi connectivity index (χ0n) is 15.2. The Labute approximate surface area is 171 Å². The Bertz CT molecular complexity index is 965. The Hall–Kier alpha value is -2.58. The SMILES string of the molecule is C[C@H](Oc1ccccc1Cl)c1nnc(SCC(=O)Nc2ccc(F)cc2)n1C. The van der Waals surface area contributed by atoms with Crippen molar-refractivity contribution in [3.05, 3.63) is 65.2 Å². The maximum absolute atomic E-state index is 12.9. The molecule has 0 aliphatic heterocycles. The fourth-order valence-corrected chi connectivity index (χ4v) is 3.35. The molecule has 1 atom stereocenters. The molecular weight excluding hydrogens is 403 g/mol. The van der Waals surface area contributed by atoms with E-state index < -0.39 is 0 Å². The number of carbonyl (C=O) groups is 1. The smallest absolute Gasteiger partial charge is 0.234 e. The first-order valence-electron chi connectivity index (χ1n) is 8.42. The molecule has 9 heteroatoms. The van der Waals surface area contributed by atoms with Gasteiger partial charge in [0, 0.05) is 12.7 Å². The van der Waals surface area contributed by atoms with Crippen LogP contribution in [-0.2, 0) is 11.8 Å². The van der Waals surface area contributed by atoms with Gasteiger partial charge < -0.3 is 14.6 Å². The van der Waals surface area contributed by atoms with Crippen molar-refractivity contribution >= 4 is 35.0 Å². The van der Waals surface area contributed by atoms with Crippen molar-refractivity contribution in [3.63, 3.8) is 0 Å². The standard InChI is InChI=1S/C19H18ClFN4O2S/c1-12(27-16-6-4-3-5-15(16)20)18-23-24-19(25(18)2)28-11-17(26)22-14-9-7-13(21)8-10-14/h3-10,12H,11H2,1-2H3,(H,22,26)/t12-/m0/s1.